The lowest BCUT2D eigenvalue weighted by molar-refractivity contribution is -0.171. The third-order valence-electron chi connectivity index (χ3n) is 7.70. The molecule has 6 heterocycles. The van der Waals surface area contributed by atoms with E-state index in [1.165, 1.54) is 34.8 Å². The predicted molar refractivity (Wildman–Crippen MR) is 101 cm³/mol. The maximum atomic E-state index is 13.1. The number of benzene rings is 1. The van der Waals surface area contributed by atoms with E-state index in [-0.39, 0.29) is 24.0 Å². The number of piperidine rings is 3. The number of nitrogens with zero attached hydrogens (tertiary/aromatic N) is 2. The largest absolute Gasteiger partial charge is 0.468 e. The summed E-state index contributed by atoms with van der Waals surface area (Å²) in [7, 11) is 3.69. The molecule has 4 fully saturated rings. The van der Waals surface area contributed by atoms with Crippen molar-refractivity contribution in [2.45, 2.75) is 31.5 Å². The van der Waals surface area contributed by atoms with Crippen LogP contribution in [-0.4, -0.2) is 41.7 Å². The van der Waals surface area contributed by atoms with Gasteiger partial charge >= 0.3 is 5.97 Å². The van der Waals surface area contributed by atoms with Crippen molar-refractivity contribution in [2.75, 3.05) is 20.3 Å². The molecule has 4 bridgehead atoms. The van der Waals surface area contributed by atoms with Gasteiger partial charge in [-0.3, -0.25) is 9.69 Å². The van der Waals surface area contributed by atoms with Gasteiger partial charge in [0.2, 0.25) is 0 Å². The van der Waals surface area contributed by atoms with E-state index in [1.54, 1.807) is 0 Å². The highest BCUT2D eigenvalue weighted by Crippen LogP contribution is 2.66. The Balaban J connectivity index is 1.66. The van der Waals surface area contributed by atoms with Gasteiger partial charge in [0, 0.05) is 41.7 Å². The molecule has 0 spiro atoms. The average molecular weight is 364 g/mol. The van der Waals surface area contributed by atoms with Gasteiger partial charge in [-0.1, -0.05) is 29.8 Å². The lowest BCUT2D eigenvalue weighted by Gasteiger charge is -2.60. The number of esters is 1. The summed E-state index contributed by atoms with van der Waals surface area (Å²) in [5, 5.41) is 1.26. The average Bonchev–Trinajstić information content (AvgIpc) is 3.27. The molecule has 2 unspecified atom stereocenters. The van der Waals surface area contributed by atoms with Crippen LogP contribution in [0.3, 0.4) is 0 Å². The third kappa shape index (κ3) is 1.59. The lowest BCUT2D eigenvalue weighted by Crippen LogP contribution is -2.67. The Morgan fingerprint density at radius 1 is 1.37 bits per heavy atom. The Kier molecular flexibility index (Phi) is 2.96. The number of carbonyl (C=O) groups excluding carboxylic acids is 1. The number of para-hydroxylation sites is 1. The first kappa shape index (κ1) is 15.9. The fourth-order valence-electron chi connectivity index (χ4n) is 6.68. The van der Waals surface area contributed by atoms with Crippen molar-refractivity contribution >= 4 is 16.9 Å². The van der Waals surface area contributed by atoms with Crippen LogP contribution in [0, 0.1) is 11.3 Å². The van der Waals surface area contributed by atoms with Crippen LogP contribution in [0.25, 0.3) is 10.9 Å². The fourth-order valence-corrected chi connectivity index (χ4v) is 6.68. The van der Waals surface area contributed by atoms with Crippen LogP contribution in [0.15, 0.2) is 35.9 Å². The van der Waals surface area contributed by atoms with Crippen molar-refractivity contribution in [1.82, 2.24) is 9.47 Å². The molecule has 140 valence electrons. The topological polar surface area (TPSA) is 43.7 Å². The highest BCUT2D eigenvalue weighted by atomic mass is 16.5. The van der Waals surface area contributed by atoms with Crippen molar-refractivity contribution in [3.05, 3.63) is 47.2 Å². The van der Waals surface area contributed by atoms with Gasteiger partial charge in [-0.15, -0.1) is 0 Å². The summed E-state index contributed by atoms with van der Waals surface area (Å²) in [6.45, 7) is 3.46. The summed E-state index contributed by atoms with van der Waals surface area (Å²) in [5.74, 6) is 0.0947. The van der Waals surface area contributed by atoms with E-state index in [0.29, 0.717) is 12.6 Å². The van der Waals surface area contributed by atoms with E-state index in [1.807, 2.05) is 0 Å². The number of ether oxygens (including phenoxy) is 2. The van der Waals surface area contributed by atoms with Gasteiger partial charge in [0.1, 0.15) is 11.5 Å². The Labute approximate surface area is 158 Å². The summed E-state index contributed by atoms with van der Waals surface area (Å²) in [6, 6.07) is 8.98. The molecule has 5 nitrogen and oxygen atoms in total. The number of methoxy groups -OCH3 is 1. The fraction of sp³-hybridized carbons (Fsp3) is 0.500. The number of allylic oxidation sites excluding steroid dienone is 1. The third-order valence-corrected chi connectivity index (χ3v) is 7.70. The van der Waals surface area contributed by atoms with Gasteiger partial charge in [-0.05, 0) is 19.4 Å². The first-order valence-electron chi connectivity index (χ1n) is 9.81. The number of hydrogen-bond acceptors (Lipinski definition) is 4. The number of aryl methyl sites for hydroxylation is 1. The van der Waals surface area contributed by atoms with Gasteiger partial charge in [0.25, 0.3) is 0 Å². The van der Waals surface area contributed by atoms with Crippen molar-refractivity contribution in [3.8, 4) is 0 Å². The molecule has 27 heavy (non-hydrogen) atoms. The molecule has 6 atom stereocenters. The van der Waals surface area contributed by atoms with E-state index < -0.39 is 5.41 Å². The van der Waals surface area contributed by atoms with Crippen LogP contribution >= 0.6 is 0 Å². The van der Waals surface area contributed by atoms with Crippen LogP contribution in [0.5, 0.6) is 0 Å². The summed E-state index contributed by atoms with van der Waals surface area (Å²) in [6.07, 6.45) is 3.09. The number of rotatable bonds is 1. The van der Waals surface area contributed by atoms with Gasteiger partial charge < -0.3 is 14.0 Å². The smallest absolute Gasteiger partial charge is 0.316 e. The van der Waals surface area contributed by atoms with E-state index in [4.69, 9.17) is 9.47 Å². The zero-order valence-corrected chi connectivity index (χ0v) is 15.9. The SMILES string of the molecule is C/C=C1/CN2[C@H]3[C@@H]4OCC3(C(=O)OC)[C@H]1C[C@H]2c1c4c2ccccc2n1C. The van der Waals surface area contributed by atoms with Crippen LogP contribution < -0.4 is 0 Å². The minimum Gasteiger partial charge on any atom is -0.468 e. The Morgan fingerprint density at radius 3 is 2.96 bits per heavy atom. The molecule has 5 aliphatic rings. The maximum Gasteiger partial charge on any atom is 0.316 e. The molecular formula is C22H24N2O3. The maximum absolute atomic E-state index is 13.1. The highest BCUT2D eigenvalue weighted by molar-refractivity contribution is 5.88. The van der Waals surface area contributed by atoms with Gasteiger partial charge in [-0.25, -0.2) is 0 Å². The van der Waals surface area contributed by atoms with Crippen molar-refractivity contribution < 1.29 is 14.3 Å². The minimum atomic E-state index is -0.579. The first-order chi connectivity index (χ1) is 13.1. The quantitative estimate of drug-likeness (QED) is 0.576. The van der Waals surface area contributed by atoms with Gasteiger partial charge in [0.05, 0.1) is 25.8 Å². The summed E-state index contributed by atoms with van der Waals surface area (Å²) in [4.78, 5) is 15.7. The van der Waals surface area contributed by atoms with Crippen LogP contribution in [-0.2, 0) is 21.3 Å². The van der Waals surface area contributed by atoms with Gasteiger partial charge in [-0.2, -0.15) is 0 Å². The zero-order chi connectivity index (χ0) is 18.5. The lowest BCUT2D eigenvalue weighted by atomic mass is 9.56. The number of fused-ring (bicyclic) bond motifs is 5. The van der Waals surface area contributed by atoms with E-state index in [0.717, 1.165) is 13.0 Å². The van der Waals surface area contributed by atoms with E-state index >= 15 is 0 Å². The minimum absolute atomic E-state index is 0.0655. The Hall–Kier alpha value is -2.11. The van der Waals surface area contributed by atoms with Crippen molar-refractivity contribution in [1.29, 1.82) is 0 Å². The van der Waals surface area contributed by atoms with Crippen LogP contribution in [0.1, 0.15) is 36.7 Å². The van der Waals surface area contributed by atoms with Crippen LogP contribution in [0.4, 0.5) is 0 Å². The van der Waals surface area contributed by atoms with Crippen molar-refractivity contribution in [3.63, 3.8) is 0 Å². The molecule has 5 heteroatoms. The molecule has 5 aliphatic heterocycles. The molecule has 0 amide bonds. The Bertz CT molecular complexity index is 1020. The first-order valence-corrected chi connectivity index (χ1v) is 9.81. The second kappa shape index (κ2) is 5.03. The summed E-state index contributed by atoms with van der Waals surface area (Å²) >= 11 is 0. The summed E-state index contributed by atoms with van der Waals surface area (Å²) < 4.78 is 14.2. The molecule has 7 rings (SSSR count). The normalized spacial score (nSPS) is 39.8. The highest BCUT2D eigenvalue weighted by Gasteiger charge is 2.71. The Morgan fingerprint density at radius 2 is 2.19 bits per heavy atom. The molecule has 4 saturated heterocycles. The number of aromatic nitrogens is 1. The molecule has 0 saturated carbocycles. The van der Waals surface area contributed by atoms with Crippen molar-refractivity contribution in [2.24, 2.45) is 18.4 Å². The molecule has 0 N–H and O–H groups in total. The second-order valence-corrected chi connectivity index (χ2v) is 8.42. The second-order valence-electron chi connectivity index (χ2n) is 8.42. The number of carbonyl (C=O) groups is 1. The summed E-state index contributed by atoms with van der Waals surface area (Å²) in [5.41, 5.74) is 4.70. The molecule has 0 aliphatic carbocycles. The van der Waals surface area contributed by atoms with Gasteiger partial charge in [0.15, 0.2) is 0 Å². The standard InChI is InChI=1S/C22H24N2O3/c1-4-12-10-24-16-9-14(12)22(21(25)26-3)11-27-19(20(22)24)17-13-7-5-6-8-15(13)23(2)18(16)17/h4-8,14,16,19-20H,9-11H2,1-3H3/b12-4-/t14-,16-,19+,20-,22?/m0/s1. The molecular weight excluding hydrogens is 340 g/mol. The molecule has 2 aromatic rings. The molecule has 1 aromatic heterocycles. The predicted octanol–water partition coefficient (Wildman–Crippen LogP) is 3.11. The number of hydrogen-bond donors (Lipinski definition) is 0. The molecule has 0 radical (unpaired) electrons. The molecule has 1 aromatic carbocycles. The van der Waals surface area contributed by atoms with E-state index in [2.05, 4.69) is 53.8 Å². The zero-order valence-electron chi connectivity index (χ0n) is 15.9. The van der Waals surface area contributed by atoms with Crippen LogP contribution in [0.2, 0.25) is 0 Å². The van der Waals surface area contributed by atoms with E-state index in [9.17, 15) is 4.79 Å². The monoisotopic (exact) mass is 364 g/mol.